The molecule has 0 spiro atoms. The zero-order chi connectivity index (χ0) is 15.1. The second-order valence-corrected chi connectivity index (χ2v) is 8.80. The first kappa shape index (κ1) is 14.6. The Morgan fingerprint density at radius 2 is 2.14 bits per heavy atom. The topological polar surface area (TPSA) is 42.9 Å². The van der Waals surface area contributed by atoms with Gasteiger partial charge in [-0.25, -0.2) is 9.97 Å². The van der Waals surface area contributed by atoms with Gasteiger partial charge in [0, 0.05) is 16.7 Å². The maximum absolute atomic E-state index is 12.1. The lowest BCUT2D eigenvalue weighted by atomic mass is 9.89. The van der Waals surface area contributed by atoms with Crippen molar-refractivity contribution < 1.29 is 4.79 Å². The molecule has 0 radical (unpaired) electrons. The standard InChI is InChI=1S/C17H20N2OS2/c1-10-6-7-11-14(8-10)22-17-15(11)16(18-9-19-17)21-13-5-3-2-4-12(13)20/h9-10,13H,2-8H2,1H3/t10-,13-/m1/s1. The highest BCUT2D eigenvalue weighted by Gasteiger charge is 2.27. The lowest BCUT2D eigenvalue weighted by molar-refractivity contribution is -0.119. The minimum Gasteiger partial charge on any atom is -0.298 e. The lowest BCUT2D eigenvalue weighted by Crippen LogP contribution is -2.21. The molecule has 0 bridgehead atoms. The third kappa shape index (κ3) is 2.58. The average molecular weight is 332 g/mol. The van der Waals surface area contributed by atoms with Gasteiger partial charge < -0.3 is 0 Å². The Hall–Kier alpha value is -0.940. The van der Waals surface area contributed by atoms with Crippen LogP contribution >= 0.6 is 23.1 Å². The van der Waals surface area contributed by atoms with E-state index in [1.54, 1.807) is 18.1 Å². The Kier molecular flexibility index (Phi) is 3.95. The number of nitrogens with zero attached hydrogens (tertiary/aromatic N) is 2. The SMILES string of the molecule is C[C@@H]1CCc2c(sc3ncnc(S[C@@H]4CCCCC4=O)c23)C1. The number of carbonyl (C=O) groups is 1. The summed E-state index contributed by atoms with van der Waals surface area (Å²) >= 11 is 3.52. The van der Waals surface area contributed by atoms with Gasteiger partial charge in [0.1, 0.15) is 22.0 Å². The maximum atomic E-state index is 12.1. The van der Waals surface area contributed by atoms with Crippen molar-refractivity contribution in [2.75, 3.05) is 0 Å². The van der Waals surface area contributed by atoms with Crippen LogP contribution in [-0.2, 0) is 17.6 Å². The van der Waals surface area contributed by atoms with E-state index in [4.69, 9.17) is 0 Å². The number of aromatic nitrogens is 2. The fraction of sp³-hybridized carbons (Fsp3) is 0.588. The lowest BCUT2D eigenvalue weighted by Gasteiger charge is -2.21. The first-order chi connectivity index (χ1) is 10.7. The molecule has 0 N–H and O–H groups in total. The van der Waals surface area contributed by atoms with Crippen LogP contribution in [0.3, 0.4) is 0 Å². The number of fused-ring (bicyclic) bond motifs is 3. The minimum atomic E-state index is 0.102. The van der Waals surface area contributed by atoms with E-state index in [0.717, 1.165) is 47.9 Å². The normalized spacial score (nSPS) is 25.4. The summed E-state index contributed by atoms with van der Waals surface area (Å²) < 4.78 is 0. The van der Waals surface area contributed by atoms with E-state index in [0.29, 0.717) is 5.78 Å². The second-order valence-electron chi connectivity index (χ2n) is 6.53. The van der Waals surface area contributed by atoms with Gasteiger partial charge in [0.2, 0.25) is 0 Å². The Morgan fingerprint density at radius 3 is 3.00 bits per heavy atom. The van der Waals surface area contributed by atoms with Gasteiger partial charge in [-0.05, 0) is 43.6 Å². The van der Waals surface area contributed by atoms with Crippen molar-refractivity contribution in [2.45, 2.75) is 62.1 Å². The van der Waals surface area contributed by atoms with Crippen LogP contribution in [0.25, 0.3) is 10.2 Å². The molecule has 0 aromatic carbocycles. The van der Waals surface area contributed by atoms with E-state index in [9.17, 15) is 4.79 Å². The van der Waals surface area contributed by atoms with Crippen LogP contribution in [0.15, 0.2) is 11.4 Å². The van der Waals surface area contributed by atoms with Crippen LogP contribution in [0.2, 0.25) is 0 Å². The van der Waals surface area contributed by atoms with Crippen LogP contribution in [0, 0.1) is 5.92 Å². The molecule has 1 saturated carbocycles. The fourth-order valence-electron chi connectivity index (χ4n) is 3.55. The number of thiophene rings is 1. The highest BCUT2D eigenvalue weighted by atomic mass is 32.2. The summed E-state index contributed by atoms with van der Waals surface area (Å²) in [6.07, 6.45) is 9.18. The number of Topliss-reactive ketones (excluding diaryl/α,β-unsaturated/α-hetero) is 1. The van der Waals surface area contributed by atoms with Crippen molar-refractivity contribution >= 4 is 39.1 Å². The average Bonchev–Trinajstić information content (AvgIpc) is 2.88. The van der Waals surface area contributed by atoms with Gasteiger partial charge in [-0.1, -0.05) is 25.1 Å². The Bertz CT molecular complexity index is 725. The molecule has 2 aromatic rings. The third-order valence-corrected chi connectivity index (χ3v) is 7.29. The number of aryl methyl sites for hydroxylation is 1. The summed E-state index contributed by atoms with van der Waals surface area (Å²) in [5, 5.41) is 2.39. The van der Waals surface area contributed by atoms with Crippen molar-refractivity contribution in [1.29, 1.82) is 0 Å². The molecule has 116 valence electrons. The third-order valence-electron chi connectivity index (χ3n) is 4.81. The number of hydrogen-bond donors (Lipinski definition) is 0. The van der Waals surface area contributed by atoms with Gasteiger partial charge in [-0.2, -0.15) is 0 Å². The molecular formula is C17H20N2OS2. The molecule has 2 atom stereocenters. The Morgan fingerprint density at radius 1 is 1.23 bits per heavy atom. The van der Waals surface area contributed by atoms with Crippen LogP contribution < -0.4 is 0 Å². The van der Waals surface area contributed by atoms with E-state index in [-0.39, 0.29) is 5.25 Å². The molecule has 4 rings (SSSR count). The first-order valence-corrected chi connectivity index (χ1v) is 9.86. The predicted octanol–water partition coefficient (Wildman–Crippen LogP) is 4.42. The second kappa shape index (κ2) is 5.93. The predicted molar refractivity (Wildman–Crippen MR) is 91.7 cm³/mol. The Labute approximate surface area is 138 Å². The molecule has 2 heterocycles. The summed E-state index contributed by atoms with van der Waals surface area (Å²) in [6.45, 7) is 2.33. The van der Waals surface area contributed by atoms with E-state index in [1.807, 2.05) is 11.3 Å². The molecule has 2 aliphatic rings. The van der Waals surface area contributed by atoms with Crippen molar-refractivity contribution in [3.05, 3.63) is 16.8 Å². The maximum Gasteiger partial charge on any atom is 0.146 e. The monoisotopic (exact) mass is 332 g/mol. The van der Waals surface area contributed by atoms with Crippen molar-refractivity contribution in [3.63, 3.8) is 0 Å². The van der Waals surface area contributed by atoms with Crippen molar-refractivity contribution in [3.8, 4) is 0 Å². The summed E-state index contributed by atoms with van der Waals surface area (Å²) in [5.41, 5.74) is 1.46. The van der Waals surface area contributed by atoms with E-state index < -0.39 is 0 Å². The van der Waals surface area contributed by atoms with Gasteiger partial charge >= 0.3 is 0 Å². The van der Waals surface area contributed by atoms with Crippen LogP contribution in [-0.4, -0.2) is 21.0 Å². The van der Waals surface area contributed by atoms with Crippen LogP contribution in [0.5, 0.6) is 0 Å². The molecular weight excluding hydrogens is 312 g/mol. The van der Waals surface area contributed by atoms with Gasteiger partial charge in [-0.3, -0.25) is 4.79 Å². The summed E-state index contributed by atoms with van der Waals surface area (Å²) in [6, 6.07) is 0. The molecule has 22 heavy (non-hydrogen) atoms. The summed E-state index contributed by atoms with van der Waals surface area (Å²) in [5.74, 6) is 1.17. The highest BCUT2D eigenvalue weighted by Crippen LogP contribution is 2.42. The van der Waals surface area contributed by atoms with Gasteiger partial charge in [0.15, 0.2) is 0 Å². The highest BCUT2D eigenvalue weighted by molar-refractivity contribution is 8.00. The van der Waals surface area contributed by atoms with E-state index in [1.165, 1.54) is 28.7 Å². The van der Waals surface area contributed by atoms with Gasteiger partial charge in [0.05, 0.1) is 5.25 Å². The quantitative estimate of drug-likeness (QED) is 0.764. The number of thioether (sulfide) groups is 1. The molecule has 0 aliphatic heterocycles. The molecule has 0 saturated heterocycles. The number of carbonyl (C=O) groups excluding carboxylic acids is 1. The van der Waals surface area contributed by atoms with E-state index in [2.05, 4.69) is 16.9 Å². The zero-order valence-corrected chi connectivity index (χ0v) is 14.4. The number of ketones is 1. The van der Waals surface area contributed by atoms with Crippen LogP contribution in [0.4, 0.5) is 0 Å². The minimum absolute atomic E-state index is 0.102. The molecule has 2 aliphatic carbocycles. The molecule has 0 amide bonds. The van der Waals surface area contributed by atoms with Crippen LogP contribution in [0.1, 0.15) is 49.5 Å². The summed E-state index contributed by atoms with van der Waals surface area (Å²) in [7, 11) is 0. The molecule has 0 unspecified atom stereocenters. The number of rotatable bonds is 2. The van der Waals surface area contributed by atoms with Gasteiger partial charge in [0.25, 0.3) is 0 Å². The van der Waals surface area contributed by atoms with Crippen molar-refractivity contribution in [2.24, 2.45) is 5.92 Å². The Balaban J connectivity index is 1.73. The van der Waals surface area contributed by atoms with E-state index >= 15 is 0 Å². The smallest absolute Gasteiger partial charge is 0.146 e. The molecule has 5 heteroatoms. The molecule has 3 nitrogen and oxygen atoms in total. The number of hydrogen-bond acceptors (Lipinski definition) is 5. The summed E-state index contributed by atoms with van der Waals surface area (Å²) in [4.78, 5) is 23.8. The largest absolute Gasteiger partial charge is 0.298 e. The fourth-order valence-corrected chi connectivity index (χ4v) is 6.21. The molecule has 2 aromatic heterocycles. The van der Waals surface area contributed by atoms with Crippen molar-refractivity contribution in [1.82, 2.24) is 9.97 Å². The first-order valence-electron chi connectivity index (χ1n) is 8.17. The van der Waals surface area contributed by atoms with Gasteiger partial charge in [-0.15, -0.1) is 11.3 Å². The molecule has 1 fully saturated rings. The zero-order valence-electron chi connectivity index (χ0n) is 12.8.